The molecule has 8 saturated carbocycles. The van der Waals surface area contributed by atoms with Crippen LogP contribution in [0.4, 0.5) is 4.39 Å². The fourth-order valence-electron chi connectivity index (χ4n) is 10.3. The summed E-state index contributed by atoms with van der Waals surface area (Å²) in [6.45, 7) is 7.97. The van der Waals surface area contributed by atoms with E-state index in [9.17, 15) is 9.90 Å². The molecule has 8 fully saturated rings. The van der Waals surface area contributed by atoms with Crippen molar-refractivity contribution in [1.82, 2.24) is 0 Å². The predicted octanol–water partition coefficient (Wildman–Crippen LogP) is 6.59. The van der Waals surface area contributed by atoms with E-state index >= 15 is 4.39 Å². The highest BCUT2D eigenvalue weighted by atomic mass is 19.1. The zero-order chi connectivity index (χ0) is 29.3. The summed E-state index contributed by atoms with van der Waals surface area (Å²) in [4.78, 5) is 12.0. The van der Waals surface area contributed by atoms with E-state index in [4.69, 9.17) is 18.9 Å². The number of hydrogen-bond donors (Lipinski definition) is 0. The molecule has 2 atom stereocenters. The molecule has 0 saturated heterocycles. The molecular weight excluding hydrogens is 535 g/mol. The van der Waals surface area contributed by atoms with Crippen LogP contribution in [0.25, 0.3) is 0 Å². The van der Waals surface area contributed by atoms with Crippen LogP contribution in [-0.4, -0.2) is 30.8 Å². The summed E-state index contributed by atoms with van der Waals surface area (Å²) in [6, 6.07) is 2.41. The van der Waals surface area contributed by atoms with Crippen molar-refractivity contribution in [3.63, 3.8) is 0 Å². The smallest absolute Gasteiger partial charge is 0.207 e. The Balaban J connectivity index is 1.10. The molecule has 8 bridgehead atoms. The van der Waals surface area contributed by atoms with E-state index in [1.54, 1.807) is 0 Å². The average molecular weight is 584 g/mol. The first-order chi connectivity index (χ1) is 20.1. The molecule has 9 rings (SSSR count). The summed E-state index contributed by atoms with van der Waals surface area (Å²) in [5.74, 6) is 2.79. The molecule has 0 heterocycles. The zero-order valence-corrected chi connectivity index (χ0v) is 25.6. The van der Waals surface area contributed by atoms with Gasteiger partial charge in [0.15, 0.2) is 11.5 Å². The van der Waals surface area contributed by atoms with Crippen molar-refractivity contribution in [2.75, 3.05) is 0 Å². The number of carboxylic acid groups (broad SMARTS) is 1. The molecule has 232 valence electrons. The highest BCUT2D eigenvalue weighted by Gasteiger charge is 2.51. The summed E-state index contributed by atoms with van der Waals surface area (Å²) in [5.41, 5.74) is -0.185. The van der Waals surface area contributed by atoms with Crippen molar-refractivity contribution in [2.45, 2.75) is 117 Å². The van der Waals surface area contributed by atoms with Crippen molar-refractivity contribution < 1.29 is 33.2 Å². The van der Waals surface area contributed by atoms with Gasteiger partial charge in [-0.05, 0) is 124 Å². The van der Waals surface area contributed by atoms with Crippen LogP contribution >= 0.6 is 0 Å². The van der Waals surface area contributed by atoms with E-state index in [1.807, 2.05) is 27.7 Å². The second-order valence-electron chi connectivity index (χ2n) is 15.6. The Labute approximate surface area is 250 Å². The van der Waals surface area contributed by atoms with Crippen LogP contribution < -0.4 is 14.6 Å². The number of halogens is 1. The van der Waals surface area contributed by atoms with Gasteiger partial charge in [-0.15, -0.1) is 0 Å². The Bertz CT molecular complexity index is 1030. The first kappa shape index (κ1) is 28.9. The van der Waals surface area contributed by atoms with Gasteiger partial charge >= 0.3 is 0 Å². The molecule has 7 heteroatoms. The second-order valence-corrected chi connectivity index (χ2v) is 15.6. The zero-order valence-electron chi connectivity index (χ0n) is 25.6. The van der Waals surface area contributed by atoms with Crippen molar-refractivity contribution in [3.05, 3.63) is 23.5 Å². The number of hydrogen-bond acceptors (Lipinski definition) is 6. The number of rotatable bonds is 11. The summed E-state index contributed by atoms with van der Waals surface area (Å²) in [6.07, 6.45) is 11.2. The summed E-state index contributed by atoms with van der Waals surface area (Å²) in [5, 5.41) is 12.0. The van der Waals surface area contributed by atoms with Crippen molar-refractivity contribution in [3.8, 4) is 11.5 Å². The first-order valence-electron chi connectivity index (χ1n) is 16.8. The first-order valence-corrected chi connectivity index (χ1v) is 16.8. The maximum atomic E-state index is 16.1. The van der Waals surface area contributed by atoms with Gasteiger partial charge in [0.1, 0.15) is 0 Å². The molecule has 6 nitrogen and oxygen atoms in total. The van der Waals surface area contributed by atoms with E-state index in [-0.39, 0.29) is 41.1 Å². The highest BCUT2D eigenvalue weighted by molar-refractivity contribution is 5.87. The Morgan fingerprint density at radius 2 is 1.00 bits per heavy atom. The Kier molecular flexibility index (Phi) is 7.74. The van der Waals surface area contributed by atoms with Crippen molar-refractivity contribution >= 4 is 5.97 Å². The van der Waals surface area contributed by atoms with Crippen molar-refractivity contribution in [2.24, 2.45) is 59.2 Å². The van der Waals surface area contributed by atoms with Gasteiger partial charge in [0.25, 0.3) is 0 Å². The lowest BCUT2D eigenvalue weighted by atomic mass is 9.55. The molecule has 1 aromatic rings. The Morgan fingerprint density at radius 3 is 1.29 bits per heavy atom. The minimum Gasteiger partial charge on any atom is -0.545 e. The third-order valence-corrected chi connectivity index (χ3v) is 11.7. The molecule has 1 aromatic carbocycles. The summed E-state index contributed by atoms with van der Waals surface area (Å²) < 4.78 is 41.8. The lowest BCUT2D eigenvalue weighted by molar-refractivity contribution is -0.255. The Morgan fingerprint density at radius 1 is 0.667 bits per heavy atom. The molecule has 0 radical (unpaired) electrons. The standard InChI is InChI=1S/C35H49FO6/c1-17(2)34(41-31-23-7-19-5-20(9-23)10-24(31)8-19)39-28-15-27(33(37)38)16-29(30(28)36)40-35(18(3)4)42-32-25-11-21-6-22(13-25)14-26(32)12-21/h15-26,31-32,34-35H,5-14H2,1-4H3,(H,37,38)/p-1. The lowest BCUT2D eigenvalue weighted by Gasteiger charge is -2.54. The fourth-order valence-corrected chi connectivity index (χ4v) is 10.3. The minimum absolute atomic E-state index is 0.0544. The van der Waals surface area contributed by atoms with Gasteiger partial charge in [-0.25, -0.2) is 0 Å². The number of benzene rings is 1. The van der Waals surface area contributed by atoms with Gasteiger partial charge in [-0.1, -0.05) is 27.7 Å². The summed E-state index contributed by atoms with van der Waals surface area (Å²) >= 11 is 0. The van der Waals surface area contributed by atoms with Crippen LogP contribution in [0.5, 0.6) is 11.5 Å². The number of carbonyl (C=O) groups excluding carboxylic acids is 1. The van der Waals surface area contributed by atoms with Crippen LogP contribution in [0.1, 0.15) is 102 Å². The van der Waals surface area contributed by atoms with Crippen molar-refractivity contribution in [1.29, 1.82) is 0 Å². The molecule has 2 unspecified atom stereocenters. The average Bonchev–Trinajstić information content (AvgIpc) is 2.91. The van der Waals surface area contributed by atoms with Crippen LogP contribution in [0.15, 0.2) is 12.1 Å². The van der Waals surface area contributed by atoms with Gasteiger partial charge in [0.2, 0.25) is 18.4 Å². The maximum Gasteiger partial charge on any atom is 0.207 e. The normalized spacial score (nSPS) is 39.2. The van der Waals surface area contributed by atoms with Crippen LogP contribution in [0.3, 0.4) is 0 Å². The molecule has 0 spiro atoms. The lowest BCUT2D eigenvalue weighted by Crippen LogP contribution is -2.51. The van der Waals surface area contributed by atoms with E-state index in [2.05, 4.69) is 0 Å². The third kappa shape index (κ3) is 5.46. The van der Waals surface area contributed by atoms with Gasteiger partial charge in [0.05, 0.1) is 18.2 Å². The predicted molar refractivity (Wildman–Crippen MR) is 153 cm³/mol. The number of aromatic carboxylic acids is 1. The van der Waals surface area contributed by atoms with Gasteiger partial charge < -0.3 is 28.8 Å². The Hall–Kier alpha value is -1.86. The monoisotopic (exact) mass is 583 g/mol. The van der Waals surface area contributed by atoms with Crippen LogP contribution in [-0.2, 0) is 9.47 Å². The maximum absolute atomic E-state index is 16.1. The second kappa shape index (κ2) is 11.3. The molecule has 0 N–H and O–H groups in total. The quantitative estimate of drug-likeness (QED) is 0.274. The topological polar surface area (TPSA) is 77.1 Å². The van der Waals surface area contributed by atoms with E-state index < -0.39 is 24.4 Å². The molecule has 42 heavy (non-hydrogen) atoms. The van der Waals surface area contributed by atoms with Crippen LogP contribution in [0.2, 0.25) is 0 Å². The molecule has 0 amide bonds. The molecule has 0 aromatic heterocycles. The number of carbonyl (C=O) groups is 1. The SMILES string of the molecule is CC(C)C(Oc1cc(C(=O)[O-])cc(OC(OC2C3CC4CC(C3)CC2C4)C(C)C)c1F)OC1C2CC3CC(C2)CC1C3. The van der Waals surface area contributed by atoms with Gasteiger partial charge in [-0.2, -0.15) is 4.39 Å². The number of ether oxygens (including phenoxy) is 4. The molecule has 8 aliphatic carbocycles. The fraction of sp³-hybridized carbons (Fsp3) is 0.800. The molecular formula is C35H48FO6-. The van der Waals surface area contributed by atoms with Gasteiger partial charge in [0, 0.05) is 17.4 Å². The largest absolute Gasteiger partial charge is 0.545 e. The van der Waals surface area contributed by atoms with E-state index in [0.717, 1.165) is 23.7 Å². The summed E-state index contributed by atoms with van der Waals surface area (Å²) in [7, 11) is 0. The van der Waals surface area contributed by atoms with E-state index in [1.165, 1.54) is 76.3 Å². The minimum atomic E-state index is -1.41. The van der Waals surface area contributed by atoms with Gasteiger partial charge in [-0.3, -0.25) is 0 Å². The molecule has 8 aliphatic rings. The van der Waals surface area contributed by atoms with E-state index in [0.29, 0.717) is 23.7 Å². The molecule has 0 aliphatic heterocycles. The highest BCUT2D eigenvalue weighted by Crippen LogP contribution is 2.56. The van der Waals surface area contributed by atoms with Crippen LogP contribution in [0, 0.1) is 65.0 Å². The number of carboxylic acids is 1. The third-order valence-electron chi connectivity index (χ3n) is 11.7.